The smallest absolute Gasteiger partial charge is 0.408 e. The highest BCUT2D eigenvalue weighted by Crippen LogP contribution is 2.27. The minimum atomic E-state index is -1.76. The number of alkyl carbamates (subject to hydrolysis) is 1. The second-order valence-corrected chi connectivity index (χ2v) is 10.1. The number of carbonyl (C=O) groups is 2. The molecule has 1 N–H and O–H groups in total. The Morgan fingerprint density at radius 3 is 2.10 bits per heavy atom. The zero-order valence-electron chi connectivity index (χ0n) is 22.9. The highest BCUT2D eigenvalue weighted by atomic mass is 19.1. The van der Waals surface area contributed by atoms with Crippen molar-refractivity contribution in [2.75, 3.05) is 7.11 Å². The third-order valence-corrected chi connectivity index (χ3v) is 5.95. The average Bonchev–Trinajstić information content (AvgIpc) is 3.40. The number of allylic oxidation sites excluding steroid dienone is 1. The van der Waals surface area contributed by atoms with E-state index in [1.54, 1.807) is 45.0 Å². The molecule has 7 nitrogen and oxygen atoms in total. The maximum absolute atomic E-state index is 15.7. The Morgan fingerprint density at radius 1 is 0.925 bits per heavy atom. The van der Waals surface area contributed by atoms with Crippen molar-refractivity contribution in [1.82, 2.24) is 15.1 Å². The molecule has 8 heteroatoms. The van der Waals surface area contributed by atoms with Crippen molar-refractivity contribution in [2.24, 2.45) is 0 Å². The van der Waals surface area contributed by atoms with Gasteiger partial charge in [-0.3, -0.25) is 4.79 Å². The first-order chi connectivity index (χ1) is 19.1. The van der Waals surface area contributed by atoms with E-state index in [0.29, 0.717) is 22.7 Å². The fourth-order valence-corrected chi connectivity index (χ4v) is 4.06. The number of nitrogens with one attached hydrogen (secondary N) is 1. The quantitative estimate of drug-likeness (QED) is 0.242. The maximum atomic E-state index is 15.7. The summed E-state index contributed by atoms with van der Waals surface area (Å²) in [4.78, 5) is 25.9. The molecule has 0 spiro atoms. The summed E-state index contributed by atoms with van der Waals surface area (Å²) >= 11 is 0. The number of nitrogens with zero attached hydrogens (tertiary/aromatic N) is 2. The van der Waals surface area contributed by atoms with E-state index in [9.17, 15) is 9.59 Å². The number of alkyl halides is 1. The van der Waals surface area contributed by atoms with Crippen LogP contribution >= 0.6 is 0 Å². The number of amides is 1. The molecule has 2 atom stereocenters. The van der Waals surface area contributed by atoms with Crippen LogP contribution in [0.3, 0.4) is 0 Å². The van der Waals surface area contributed by atoms with Gasteiger partial charge in [0.05, 0.1) is 24.5 Å². The molecule has 0 aliphatic heterocycles. The summed E-state index contributed by atoms with van der Waals surface area (Å²) < 4.78 is 27.5. The predicted molar refractivity (Wildman–Crippen MR) is 153 cm³/mol. The van der Waals surface area contributed by atoms with Gasteiger partial charge in [0.2, 0.25) is 0 Å². The Kier molecular flexibility index (Phi) is 8.79. The summed E-state index contributed by atoms with van der Waals surface area (Å²) in [6.45, 7) is 5.16. The molecule has 1 heterocycles. The minimum Gasteiger partial charge on any atom is -0.497 e. The van der Waals surface area contributed by atoms with Crippen LogP contribution in [-0.4, -0.2) is 40.7 Å². The van der Waals surface area contributed by atoms with Gasteiger partial charge in [0.25, 0.3) is 5.91 Å². The number of hydrogen-bond acceptors (Lipinski definition) is 5. The number of carbonyl (C=O) groups excluding carboxylic acids is 2. The largest absolute Gasteiger partial charge is 0.497 e. The second-order valence-electron chi connectivity index (χ2n) is 10.1. The zero-order valence-corrected chi connectivity index (χ0v) is 22.9. The Labute approximate surface area is 233 Å². The fraction of sp³-hybridized carbons (Fsp3) is 0.219. The average molecular weight is 542 g/mol. The van der Waals surface area contributed by atoms with Gasteiger partial charge in [-0.25, -0.2) is 9.18 Å². The first-order valence-electron chi connectivity index (χ1n) is 12.9. The molecular formula is C32H32FN3O4. The standard InChI is InChI=1S/C32H32FN3O4/c1-32(2,3)40-31(38)34-30(24-15-17-25(39-4)18-16-24)26(33)19-20-29(37)36-28(23-13-9-6-10-14-23)21-27(35-36)22-11-7-5-8-12-22/h5-21,26,30H,1-4H3,(H,34,38)/b20-19+/t26-,30-/m1/s1. The summed E-state index contributed by atoms with van der Waals surface area (Å²) in [5.74, 6) is 0.0525. The highest BCUT2D eigenvalue weighted by molar-refractivity contribution is 5.93. The first kappa shape index (κ1) is 28.3. The lowest BCUT2D eigenvalue weighted by Gasteiger charge is -2.25. The summed E-state index contributed by atoms with van der Waals surface area (Å²) in [7, 11) is 1.53. The molecular weight excluding hydrogens is 509 g/mol. The second kappa shape index (κ2) is 12.4. The van der Waals surface area contributed by atoms with Crippen LogP contribution in [0, 0.1) is 0 Å². The third-order valence-electron chi connectivity index (χ3n) is 5.95. The fourth-order valence-electron chi connectivity index (χ4n) is 4.06. The van der Waals surface area contributed by atoms with Crippen LogP contribution in [0.25, 0.3) is 22.5 Å². The molecule has 0 bridgehead atoms. The van der Waals surface area contributed by atoms with Gasteiger partial charge < -0.3 is 14.8 Å². The van der Waals surface area contributed by atoms with E-state index in [-0.39, 0.29) is 0 Å². The van der Waals surface area contributed by atoms with Crippen molar-refractivity contribution in [3.8, 4) is 28.3 Å². The van der Waals surface area contributed by atoms with Crippen LogP contribution in [0.4, 0.5) is 9.18 Å². The van der Waals surface area contributed by atoms with Gasteiger partial charge in [0.15, 0.2) is 0 Å². The molecule has 3 aromatic carbocycles. The van der Waals surface area contributed by atoms with E-state index in [4.69, 9.17) is 9.47 Å². The van der Waals surface area contributed by atoms with Crippen molar-refractivity contribution < 1.29 is 23.5 Å². The van der Waals surface area contributed by atoms with E-state index >= 15 is 4.39 Å². The summed E-state index contributed by atoms with van der Waals surface area (Å²) in [6.07, 6.45) is -0.282. The summed E-state index contributed by atoms with van der Waals surface area (Å²) in [5, 5.41) is 7.13. The molecule has 4 aromatic rings. The Balaban J connectivity index is 1.63. The predicted octanol–water partition coefficient (Wildman–Crippen LogP) is 7.03. The van der Waals surface area contributed by atoms with Crippen molar-refractivity contribution in [1.29, 1.82) is 0 Å². The first-order valence-corrected chi connectivity index (χ1v) is 12.9. The Bertz CT molecular complexity index is 1460. The molecule has 0 saturated carbocycles. The number of aromatic nitrogens is 2. The van der Waals surface area contributed by atoms with Gasteiger partial charge >= 0.3 is 6.09 Å². The molecule has 0 fully saturated rings. The van der Waals surface area contributed by atoms with Gasteiger partial charge in [-0.2, -0.15) is 9.78 Å². The molecule has 0 radical (unpaired) electrons. The van der Waals surface area contributed by atoms with Crippen molar-refractivity contribution in [3.05, 3.63) is 109 Å². The normalized spacial score (nSPS) is 13.0. The van der Waals surface area contributed by atoms with Crippen LogP contribution in [-0.2, 0) is 4.74 Å². The number of halogens is 1. The summed E-state index contributed by atoms with van der Waals surface area (Å²) in [5.41, 5.74) is 2.53. The third kappa shape index (κ3) is 7.22. The van der Waals surface area contributed by atoms with E-state index in [0.717, 1.165) is 23.3 Å². The van der Waals surface area contributed by atoms with Gasteiger partial charge in [-0.1, -0.05) is 72.8 Å². The van der Waals surface area contributed by atoms with E-state index in [2.05, 4.69) is 10.4 Å². The van der Waals surface area contributed by atoms with E-state index < -0.39 is 29.8 Å². The van der Waals surface area contributed by atoms with Crippen LogP contribution < -0.4 is 10.1 Å². The summed E-state index contributed by atoms with van der Waals surface area (Å²) in [6, 6.07) is 26.2. The molecule has 0 aliphatic rings. The molecule has 1 aromatic heterocycles. The van der Waals surface area contributed by atoms with Crippen molar-refractivity contribution in [2.45, 2.75) is 38.6 Å². The molecule has 4 rings (SSSR count). The lowest BCUT2D eigenvalue weighted by Crippen LogP contribution is -2.38. The zero-order chi connectivity index (χ0) is 28.7. The number of rotatable bonds is 8. The SMILES string of the molecule is COc1ccc([C@@H](NC(=O)OC(C)(C)C)[C@H](F)/C=C/C(=O)n2nc(-c3ccccc3)cc2-c2ccccc2)cc1. The number of ether oxygens (including phenoxy) is 2. The highest BCUT2D eigenvalue weighted by Gasteiger charge is 2.26. The number of benzene rings is 3. The van der Waals surface area contributed by atoms with Crippen LogP contribution in [0.1, 0.15) is 37.2 Å². The molecule has 1 amide bonds. The maximum Gasteiger partial charge on any atom is 0.408 e. The molecule has 0 saturated heterocycles. The van der Waals surface area contributed by atoms with Crippen molar-refractivity contribution in [3.63, 3.8) is 0 Å². The van der Waals surface area contributed by atoms with Crippen LogP contribution in [0.2, 0.25) is 0 Å². The Hall–Kier alpha value is -4.72. The van der Waals surface area contributed by atoms with Crippen molar-refractivity contribution >= 4 is 12.0 Å². The van der Waals surface area contributed by atoms with E-state index in [1.165, 1.54) is 11.8 Å². The lowest BCUT2D eigenvalue weighted by atomic mass is 10.0. The van der Waals surface area contributed by atoms with Gasteiger partial charge in [-0.15, -0.1) is 0 Å². The monoisotopic (exact) mass is 541 g/mol. The lowest BCUT2D eigenvalue weighted by molar-refractivity contribution is 0.0483. The van der Waals surface area contributed by atoms with Gasteiger partial charge in [0, 0.05) is 17.2 Å². The van der Waals surface area contributed by atoms with Gasteiger partial charge in [0.1, 0.15) is 17.5 Å². The number of hydrogen-bond donors (Lipinski definition) is 1. The van der Waals surface area contributed by atoms with E-state index in [1.807, 2.05) is 66.7 Å². The van der Waals surface area contributed by atoms with Gasteiger partial charge in [-0.05, 0) is 50.6 Å². The minimum absolute atomic E-state index is 0.478. The molecule has 0 aliphatic carbocycles. The van der Waals surface area contributed by atoms with Crippen LogP contribution in [0.15, 0.2) is 103 Å². The molecule has 40 heavy (non-hydrogen) atoms. The topological polar surface area (TPSA) is 82.5 Å². The Morgan fingerprint density at radius 2 is 1.52 bits per heavy atom. The molecule has 0 unspecified atom stereocenters. The number of methoxy groups -OCH3 is 1. The molecule has 206 valence electrons. The van der Waals surface area contributed by atoms with Crippen LogP contribution in [0.5, 0.6) is 5.75 Å².